The lowest BCUT2D eigenvalue weighted by Gasteiger charge is -2.30. The summed E-state index contributed by atoms with van der Waals surface area (Å²) in [7, 11) is 0. The van der Waals surface area contributed by atoms with Crippen LogP contribution in [0, 0.1) is 5.92 Å². The number of thiophene rings is 1. The SMILES string of the molecule is O=C(O)[C@@H]1CCCN(C(=O)c2sccc2C2CC2)C1. The molecule has 1 atom stereocenters. The Hall–Kier alpha value is -1.36. The minimum atomic E-state index is -0.786. The van der Waals surface area contributed by atoms with Gasteiger partial charge in [-0.15, -0.1) is 11.3 Å². The Morgan fingerprint density at radius 1 is 1.32 bits per heavy atom. The molecular weight excluding hydrogens is 262 g/mol. The third-order valence-corrected chi connectivity index (χ3v) is 4.88. The molecule has 1 aliphatic heterocycles. The zero-order chi connectivity index (χ0) is 13.4. The maximum atomic E-state index is 12.5. The van der Waals surface area contributed by atoms with Crippen molar-refractivity contribution in [2.24, 2.45) is 5.92 Å². The molecule has 1 aliphatic carbocycles. The minimum absolute atomic E-state index is 0.0304. The van der Waals surface area contributed by atoms with Crippen LogP contribution < -0.4 is 0 Å². The largest absolute Gasteiger partial charge is 0.481 e. The fourth-order valence-corrected chi connectivity index (χ4v) is 3.67. The fraction of sp³-hybridized carbons (Fsp3) is 0.571. The highest BCUT2D eigenvalue weighted by molar-refractivity contribution is 7.12. The summed E-state index contributed by atoms with van der Waals surface area (Å²) >= 11 is 1.49. The first kappa shape index (κ1) is 12.7. The highest BCUT2D eigenvalue weighted by atomic mass is 32.1. The lowest BCUT2D eigenvalue weighted by atomic mass is 9.98. The molecule has 2 fully saturated rings. The van der Waals surface area contributed by atoms with E-state index in [1.807, 2.05) is 11.4 Å². The molecule has 2 heterocycles. The standard InChI is InChI=1S/C14H17NO3S/c16-13(12-11(5-7-19-12)9-3-4-9)15-6-1-2-10(8-15)14(17)18/h5,7,9-10H,1-4,6,8H2,(H,17,18)/t10-/m1/s1. The molecule has 1 aromatic heterocycles. The summed E-state index contributed by atoms with van der Waals surface area (Å²) < 4.78 is 0. The number of likely N-dealkylation sites (tertiary alicyclic amines) is 1. The molecule has 1 N–H and O–H groups in total. The Balaban J connectivity index is 1.75. The van der Waals surface area contributed by atoms with Crippen molar-refractivity contribution < 1.29 is 14.7 Å². The van der Waals surface area contributed by atoms with Crippen LogP contribution in [0.1, 0.15) is 46.8 Å². The van der Waals surface area contributed by atoms with E-state index in [1.54, 1.807) is 4.90 Å². The Kier molecular flexibility index (Phi) is 3.31. The quantitative estimate of drug-likeness (QED) is 0.925. The van der Waals surface area contributed by atoms with E-state index in [0.29, 0.717) is 25.4 Å². The van der Waals surface area contributed by atoms with Crippen LogP contribution in [0.2, 0.25) is 0 Å². The third kappa shape index (κ3) is 2.52. The van der Waals surface area contributed by atoms with Crippen molar-refractivity contribution >= 4 is 23.2 Å². The number of aliphatic carboxylic acids is 1. The van der Waals surface area contributed by atoms with E-state index in [1.165, 1.54) is 29.7 Å². The van der Waals surface area contributed by atoms with Crippen LogP contribution in [0.15, 0.2) is 11.4 Å². The van der Waals surface area contributed by atoms with Gasteiger partial charge in [0.2, 0.25) is 0 Å². The average Bonchev–Trinajstić information content (AvgIpc) is 3.15. The number of carbonyl (C=O) groups is 2. The van der Waals surface area contributed by atoms with Crippen molar-refractivity contribution in [2.45, 2.75) is 31.6 Å². The summed E-state index contributed by atoms with van der Waals surface area (Å²) in [5.41, 5.74) is 1.17. The molecule has 0 spiro atoms. The summed E-state index contributed by atoms with van der Waals surface area (Å²) in [5, 5.41) is 11.1. The second kappa shape index (κ2) is 4.96. The first-order valence-corrected chi connectivity index (χ1v) is 7.64. The Morgan fingerprint density at radius 3 is 2.79 bits per heavy atom. The van der Waals surface area contributed by atoms with Gasteiger partial charge in [0, 0.05) is 13.1 Å². The normalized spacial score (nSPS) is 23.4. The van der Waals surface area contributed by atoms with Gasteiger partial charge in [-0.25, -0.2) is 0 Å². The molecule has 1 amide bonds. The van der Waals surface area contributed by atoms with Crippen LogP contribution >= 0.6 is 11.3 Å². The molecule has 0 radical (unpaired) electrons. The number of piperidine rings is 1. The fourth-order valence-electron chi connectivity index (χ4n) is 2.72. The first-order valence-electron chi connectivity index (χ1n) is 6.76. The van der Waals surface area contributed by atoms with Gasteiger partial charge in [-0.05, 0) is 48.6 Å². The van der Waals surface area contributed by atoms with E-state index < -0.39 is 11.9 Å². The Labute approximate surface area is 116 Å². The zero-order valence-electron chi connectivity index (χ0n) is 10.7. The lowest BCUT2D eigenvalue weighted by Crippen LogP contribution is -2.42. The summed E-state index contributed by atoms with van der Waals surface area (Å²) in [6.07, 6.45) is 3.81. The number of rotatable bonds is 3. The Morgan fingerprint density at radius 2 is 2.11 bits per heavy atom. The highest BCUT2D eigenvalue weighted by Crippen LogP contribution is 2.43. The minimum Gasteiger partial charge on any atom is -0.481 e. The molecule has 4 nitrogen and oxygen atoms in total. The summed E-state index contributed by atoms with van der Waals surface area (Å²) in [4.78, 5) is 26.1. The molecule has 5 heteroatoms. The van der Waals surface area contributed by atoms with Crippen LogP contribution in [0.4, 0.5) is 0 Å². The smallest absolute Gasteiger partial charge is 0.308 e. The average molecular weight is 279 g/mol. The second-order valence-corrected chi connectivity index (χ2v) is 6.32. The molecule has 0 aromatic carbocycles. The van der Waals surface area contributed by atoms with Gasteiger partial charge in [0.1, 0.15) is 0 Å². The van der Waals surface area contributed by atoms with Gasteiger partial charge in [-0.1, -0.05) is 0 Å². The maximum absolute atomic E-state index is 12.5. The van der Waals surface area contributed by atoms with E-state index in [-0.39, 0.29) is 5.91 Å². The maximum Gasteiger partial charge on any atom is 0.308 e. The van der Waals surface area contributed by atoms with Gasteiger partial charge < -0.3 is 10.0 Å². The van der Waals surface area contributed by atoms with Crippen molar-refractivity contribution in [3.8, 4) is 0 Å². The van der Waals surface area contributed by atoms with Gasteiger partial charge in [0.05, 0.1) is 10.8 Å². The van der Waals surface area contributed by atoms with E-state index in [4.69, 9.17) is 5.11 Å². The predicted molar refractivity (Wildman–Crippen MR) is 72.6 cm³/mol. The molecule has 1 saturated heterocycles. The molecule has 3 rings (SSSR count). The Bertz CT molecular complexity index is 507. The van der Waals surface area contributed by atoms with Crippen molar-refractivity contribution in [3.63, 3.8) is 0 Å². The van der Waals surface area contributed by atoms with E-state index in [9.17, 15) is 9.59 Å². The van der Waals surface area contributed by atoms with Crippen LogP contribution in [-0.4, -0.2) is 35.0 Å². The van der Waals surface area contributed by atoms with Crippen molar-refractivity contribution in [3.05, 3.63) is 21.9 Å². The molecule has 2 aliphatic rings. The van der Waals surface area contributed by atoms with E-state index in [0.717, 1.165) is 11.3 Å². The van der Waals surface area contributed by atoms with Crippen LogP contribution in [-0.2, 0) is 4.79 Å². The number of carboxylic acid groups (broad SMARTS) is 1. The van der Waals surface area contributed by atoms with E-state index >= 15 is 0 Å². The van der Waals surface area contributed by atoms with Gasteiger partial charge >= 0.3 is 5.97 Å². The number of amides is 1. The highest BCUT2D eigenvalue weighted by Gasteiger charge is 2.33. The number of hydrogen-bond donors (Lipinski definition) is 1. The van der Waals surface area contributed by atoms with E-state index in [2.05, 4.69) is 0 Å². The topological polar surface area (TPSA) is 57.6 Å². The lowest BCUT2D eigenvalue weighted by molar-refractivity contribution is -0.143. The number of hydrogen-bond acceptors (Lipinski definition) is 3. The first-order chi connectivity index (χ1) is 9.16. The van der Waals surface area contributed by atoms with Crippen molar-refractivity contribution in [1.29, 1.82) is 0 Å². The van der Waals surface area contributed by atoms with Crippen LogP contribution in [0.3, 0.4) is 0 Å². The number of carboxylic acids is 1. The summed E-state index contributed by atoms with van der Waals surface area (Å²) in [6, 6.07) is 2.05. The molecule has 19 heavy (non-hydrogen) atoms. The zero-order valence-corrected chi connectivity index (χ0v) is 11.5. The third-order valence-electron chi connectivity index (χ3n) is 3.96. The molecule has 1 saturated carbocycles. The molecule has 102 valence electrons. The van der Waals surface area contributed by atoms with Gasteiger partial charge in [-0.2, -0.15) is 0 Å². The summed E-state index contributed by atoms with van der Waals surface area (Å²) in [5.74, 6) is -0.596. The van der Waals surface area contributed by atoms with Crippen LogP contribution in [0.25, 0.3) is 0 Å². The van der Waals surface area contributed by atoms with Gasteiger partial charge in [0.15, 0.2) is 0 Å². The summed E-state index contributed by atoms with van der Waals surface area (Å²) in [6.45, 7) is 1.04. The molecule has 1 aromatic rings. The van der Waals surface area contributed by atoms with Crippen LogP contribution in [0.5, 0.6) is 0 Å². The second-order valence-electron chi connectivity index (χ2n) is 5.41. The number of carbonyl (C=O) groups excluding carboxylic acids is 1. The molecule has 0 unspecified atom stereocenters. The van der Waals surface area contributed by atoms with Gasteiger partial charge in [-0.3, -0.25) is 9.59 Å². The predicted octanol–water partition coefficient (Wildman–Crippen LogP) is 2.56. The number of nitrogens with zero attached hydrogens (tertiary/aromatic N) is 1. The van der Waals surface area contributed by atoms with Crippen molar-refractivity contribution in [2.75, 3.05) is 13.1 Å². The molecular formula is C14H17NO3S. The van der Waals surface area contributed by atoms with Crippen molar-refractivity contribution in [1.82, 2.24) is 4.90 Å². The monoisotopic (exact) mass is 279 g/mol. The van der Waals surface area contributed by atoms with Gasteiger partial charge in [0.25, 0.3) is 5.91 Å². The molecule has 0 bridgehead atoms.